The average molecular weight is 348 g/mol. The summed E-state index contributed by atoms with van der Waals surface area (Å²) in [7, 11) is 0. The van der Waals surface area contributed by atoms with Gasteiger partial charge in [-0.25, -0.2) is 0 Å². The summed E-state index contributed by atoms with van der Waals surface area (Å²) in [6.07, 6.45) is 0.357. The lowest BCUT2D eigenvalue weighted by atomic mass is 10.2. The molecule has 0 aliphatic carbocycles. The fourth-order valence-corrected chi connectivity index (χ4v) is 2.26. The Bertz CT molecular complexity index is 658. The van der Waals surface area contributed by atoms with Crippen molar-refractivity contribution in [1.82, 2.24) is 5.32 Å². The molecule has 0 heterocycles. The van der Waals surface area contributed by atoms with Gasteiger partial charge in [0.05, 0.1) is 6.61 Å². The van der Waals surface area contributed by atoms with Crippen LogP contribution in [0.5, 0.6) is 11.5 Å². The molecule has 0 aliphatic rings. The third-order valence-electron chi connectivity index (χ3n) is 3.39. The van der Waals surface area contributed by atoms with E-state index in [1.165, 1.54) is 0 Å². The van der Waals surface area contributed by atoms with E-state index in [1.54, 1.807) is 25.1 Å². The summed E-state index contributed by atoms with van der Waals surface area (Å²) in [6, 6.07) is 14.7. The zero-order valence-corrected chi connectivity index (χ0v) is 14.7. The van der Waals surface area contributed by atoms with Crippen molar-refractivity contribution in [2.75, 3.05) is 6.61 Å². The minimum Gasteiger partial charge on any atom is -0.494 e. The van der Waals surface area contributed by atoms with E-state index >= 15 is 0 Å². The number of rotatable bonds is 8. The van der Waals surface area contributed by atoms with Crippen molar-refractivity contribution in [2.45, 2.75) is 32.9 Å². The monoisotopic (exact) mass is 347 g/mol. The quantitative estimate of drug-likeness (QED) is 0.778. The van der Waals surface area contributed by atoms with E-state index in [0.717, 1.165) is 17.7 Å². The Kier molecular flexibility index (Phi) is 6.94. The van der Waals surface area contributed by atoms with Crippen LogP contribution in [0.1, 0.15) is 25.8 Å². The highest BCUT2D eigenvalue weighted by molar-refractivity contribution is 6.31. The van der Waals surface area contributed by atoms with Gasteiger partial charge in [-0.1, -0.05) is 36.7 Å². The first kappa shape index (κ1) is 18.1. The van der Waals surface area contributed by atoms with Crippen molar-refractivity contribution in [3.05, 3.63) is 59.1 Å². The third-order valence-corrected chi connectivity index (χ3v) is 3.76. The summed E-state index contributed by atoms with van der Waals surface area (Å²) < 4.78 is 11.2. The van der Waals surface area contributed by atoms with Gasteiger partial charge >= 0.3 is 0 Å². The molecule has 0 bridgehead atoms. The molecule has 0 aromatic heterocycles. The Morgan fingerprint density at radius 3 is 2.46 bits per heavy atom. The molecule has 1 amide bonds. The predicted octanol–water partition coefficient (Wildman–Crippen LogP) is 4.21. The summed E-state index contributed by atoms with van der Waals surface area (Å²) in [4.78, 5) is 12.1. The van der Waals surface area contributed by atoms with Crippen molar-refractivity contribution in [2.24, 2.45) is 0 Å². The Hall–Kier alpha value is -2.20. The van der Waals surface area contributed by atoms with Crippen molar-refractivity contribution < 1.29 is 14.3 Å². The van der Waals surface area contributed by atoms with Crippen molar-refractivity contribution in [3.8, 4) is 11.5 Å². The summed E-state index contributed by atoms with van der Waals surface area (Å²) >= 11 is 6.07. The molecule has 0 fully saturated rings. The molecule has 5 heteroatoms. The van der Waals surface area contributed by atoms with Crippen LogP contribution in [-0.4, -0.2) is 18.6 Å². The molecule has 0 saturated heterocycles. The molecule has 4 nitrogen and oxygen atoms in total. The lowest BCUT2D eigenvalue weighted by Gasteiger charge is -2.15. The van der Waals surface area contributed by atoms with E-state index in [0.29, 0.717) is 23.9 Å². The summed E-state index contributed by atoms with van der Waals surface area (Å²) in [5.41, 5.74) is 0.872. The van der Waals surface area contributed by atoms with E-state index in [2.05, 4.69) is 12.2 Å². The van der Waals surface area contributed by atoms with Gasteiger partial charge in [-0.05, 0) is 49.2 Å². The zero-order valence-electron chi connectivity index (χ0n) is 13.9. The SMILES string of the molecule is CCCOc1ccc(OC(C)C(=O)NCc2ccccc2Cl)cc1. The van der Waals surface area contributed by atoms with Crippen LogP contribution in [0.2, 0.25) is 5.02 Å². The molecule has 0 saturated carbocycles. The Labute approximate surface area is 147 Å². The molecule has 24 heavy (non-hydrogen) atoms. The molecular weight excluding hydrogens is 326 g/mol. The highest BCUT2D eigenvalue weighted by atomic mass is 35.5. The molecule has 128 valence electrons. The number of hydrogen-bond acceptors (Lipinski definition) is 3. The van der Waals surface area contributed by atoms with Gasteiger partial charge in [0.25, 0.3) is 5.91 Å². The number of ether oxygens (including phenoxy) is 2. The molecule has 0 spiro atoms. The number of hydrogen-bond donors (Lipinski definition) is 1. The molecule has 2 aromatic carbocycles. The number of halogens is 1. The van der Waals surface area contributed by atoms with Crippen LogP contribution >= 0.6 is 11.6 Å². The van der Waals surface area contributed by atoms with Crippen molar-refractivity contribution in [1.29, 1.82) is 0 Å². The highest BCUT2D eigenvalue weighted by Crippen LogP contribution is 2.19. The fourth-order valence-electron chi connectivity index (χ4n) is 2.06. The van der Waals surface area contributed by atoms with Gasteiger partial charge in [-0.3, -0.25) is 4.79 Å². The number of carbonyl (C=O) groups excluding carboxylic acids is 1. The molecule has 2 aromatic rings. The maximum Gasteiger partial charge on any atom is 0.261 e. The summed E-state index contributed by atoms with van der Waals surface area (Å²) in [6.45, 7) is 4.82. The smallest absolute Gasteiger partial charge is 0.261 e. The predicted molar refractivity (Wildman–Crippen MR) is 95.6 cm³/mol. The Morgan fingerprint density at radius 2 is 1.79 bits per heavy atom. The van der Waals surface area contributed by atoms with Gasteiger partial charge < -0.3 is 14.8 Å². The molecule has 1 N–H and O–H groups in total. The van der Waals surface area contributed by atoms with Gasteiger partial charge in [0, 0.05) is 11.6 Å². The third kappa shape index (κ3) is 5.46. The second-order valence-electron chi connectivity index (χ2n) is 5.39. The average Bonchev–Trinajstić information content (AvgIpc) is 2.60. The maximum atomic E-state index is 12.1. The maximum absolute atomic E-state index is 12.1. The highest BCUT2D eigenvalue weighted by Gasteiger charge is 2.14. The first-order valence-corrected chi connectivity index (χ1v) is 8.38. The Balaban J connectivity index is 1.84. The van der Waals surface area contributed by atoms with Crippen LogP contribution in [0.25, 0.3) is 0 Å². The molecular formula is C19H22ClNO3. The number of carbonyl (C=O) groups is 1. The topological polar surface area (TPSA) is 47.6 Å². The second kappa shape index (κ2) is 9.18. The van der Waals surface area contributed by atoms with Crippen LogP contribution in [0.4, 0.5) is 0 Å². The van der Waals surface area contributed by atoms with Gasteiger partial charge in [0.15, 0.2) is 6.10 Å². The van der Waals surface area contributed by atoms with Crippen LogP contribution < -0.4 is 14.8 Å². The van der Waals surface area contributed by atoms with E-state index in [-0.39, 0.29) is 5.91 Å². The van der Waals surface area contributed by atoms with E-state index in [4.69, 9.17) is 21.1 Å². The standard InChI is InChI=1S/C19H22ClNO3/c1-3-12-23-16-8-10-17(11-9-16)24-14(2)19(22)21-13-15-6-4-5-7-18(15)20/h4-11,14H,3,12-13H2,1-2H3,(H,21,22). The normalized spacial score (nSPS) is 11.6. The zero-order chi connectivity index (χ0) is 17.4. The van der Waals surface area contributed by atoms with Gasteiger partial charge in [0.1, 0.15) is 11.5 Å². The van der Waals surface area contributed by atoms with Gasteiger partial charge in [-0.15, -0.1) is 0 Å². The summed E-state index contributed by atoms with van der Waals surface area (Å²) in [5.74, 6) is 1.22. The molecule has 1 unspecified atom stereocenters. The van der Waals surface area contributed by atoms with Gasteiger partial charge in [-0.2, -0.15) is 0 Å². The lowest BCUT2D eigenvalue weighted by Crippen LogP contribution is -2.35. The van der Waals surface area contributed by atoms with E-state index < -0.39 is 6.10 Å². The summed E-state index contributed by atoms with van der Waals surface area (Å²) in [5, 5.41) is 3.46. The van der Waals surface area contributed by atoms with Crippen LogP contribution in [0.15, 0.2) is 48.5 Å². The Morgan fingerprint density at radius 1 is 1.12 bits per heavy atom. The minimum absolute atomic E-state index is 0.193. The van der Waals surface area contributed by atoms with E-state index in [9.17, 15) is 4.79 Å². The van der Waals surface area contributed by atoms with Crippen molar-refractivity contribution in [3.63, 3.8) is 0 Å². The number of nitrogens with one attached hydrogen (secondary N) is 1. The second-order valence-corrected chi connectivity index (χ2v) is 5.80. The first-order valence-electron chi connectivity index (χ1n) is 8.00. The number of amides is 1. The first-order chi connectivity index (χ1) is 11.6. The molecule has 0 aliphatic heterocycles. The molecule has 1 atom stereocenters. The van der Waals surface area contributed by atoms with Gasteiger partial charge in [0.2, 0.25) is 0 Å². The van der Waals surface area contributed by atoms with Crippen LogP contribution in [0, 0.1) is 0 Å². The number of benzene rings is 2. The largest absolute Gasteiger partial charge is 0.494 e. The molecule has 2 rings (SSSR count). The van der Waals surface area contributed by atoms with E-state index in [1.807, 2.05) is 30.3 Å². The van der Waals surface area contributed by atoms with Crippen molar-refractivity contribution >= 4 is 17.5 Å². The van der Waals surface area contributed by atoms with Crippen LogP contribution in [-0.2, 0) is 11.3 Å². The fraction of sp³-hybridized carbons (Fsp3) is 0.316. The molecule has 0 radical (unpaired) electrons. The van der Waals surface area contributed by atoms with Crippen LogP contribution in [0.3, 0.4) is 0 Å². The lowest BCUT2D eigenvalue weighted by molar-refractivity contribution is -0.127. The minimum atomic E-state index is -0.602.